The van der Waals surface area contributed by atoms with Crippen LogP contribution in [-0.2, 0) is 4.79 Å². The number of likely N-dealkylation sites (tertiary alicyclic amines) is 1. The van der Waals surface area contributed by atoms with E-state index in [1.807, 2.05) is 0 Å². The van der Waals surface area contributed by atoms with Gasteiger partial charge in [-0.3, -0.25) is 0 Å². The quantitative estimate of drug-likeness (QED) is 0.768. The molecule has 1 fully saturated rings. The number of halogens is 2. The largest absolute Gasteiger partial charge is 0.480 e. The maximum absolute atomic E-state index is 13.6. The van der Waals surface area contributed by atoms with Crippen molar-refractivity contribution < 1.29 is 28.6 Å². The summed E-state index contributed by atoms with van der Waals surface area (Å²) in [5.41, 5.74) is -0.292. The van der Waals surface area contributed by atoms with Gasteiger partial charge in [-0.25, -0.2) is 18.4 Å². The van der Waals surface area contributed by atoms with Crippen molar-refractivity contribution in [1.29, 1.82) is 0 Å². The molecule has 6 nitrogen and oxygen atoms in total. The van der Waals surface area contributed by atoms with Crippen LogP contribution in [0.2, 0.25) is 0 Å². The molecule has 0 spiro atoms. The first kappa shape index (κ1) is 15.2. The zero-order valence-electron chi connectivity index (χ0n) is 11.1. The molecule has 8 heteroatoms. The Hall–Kier alpha value is -2.22. The standard InChI is InChI=1S/C13H14F2N2O4/c1-6-2-9(15)10(4-8(6)14)16-13(21)17-5-7(18)3-11(17)12(19)20/h2,4,7,11,18H,3,5H2,1H3,(H,16,21)(H,19,20). The number of hydrogen-bond acceptors (Lipinski definition) is 3. The third kappa shape index (κ3) is 3.10. The van der Waals surface area contributed by atoms with Crippen molar-refractivity contribution in [2.24, 2.45) is 0 Å². The maximum atomic E-state index is 13.6. The number of carbonyl (C=O) groups is 2. The van der Waals surface area contributed by atoms with E-state index in [4.69, 9.17) is 5.11 Å². The molecule has 2 rings (SSSR count). The first-order valence-corrected chi connectivity index (χ1v) is 6.23. The van der Waals surface area contributed by atoms with Crippen LogP contribution in [0.25, 0.3) is 0 Å². The number of rotatable bonds is 2. The number of aliphatic carboxylic acids is 1. The van der Waals surface area contributed by atoms with Crippen molar-refractivity contribution in [2.75, 3.05) is 11.9 Å². The van der Waals surface area contributed by atoms with Gasteiger partial charge >= 0.3 is 12.0 Å². The van der Waals surface area contributed by atoms with E-state index in [-0.39, 0.29) is 24.2 Å². The number of carboxylic acid groups (broad SMARTS) is 1. The topological polar surface area (TPSA) is 89.9 Å². The highest BCUT2D eigenvalue weighted by Gasteiger charge is 2.39. The lowest BCUT2D eigenvalue weighted by Gasteiger charge is -2.21. The average Bonchev–Trinajstić information content (AvgIpc) is 2.78. The molecule has 1 saturated heterocycles. The molecule has 0 saturated carbocycles. The first-order chi connectivity index (χ1) is 9.79. The van der Waals surface area contributed by atoms with Gasteiger partial charge in [0.25, 0.3) is 0 Å². The maximum Gasteiger partial charge on any atom is 0.326 e. The highest BCUT2D eigenvalue weighted by atomic mass is 19.1. The van der Waals surface area contributed by atoms with E-state index in [0.29, 0.717) is 0 Å². The third-order valence-electron chi connectivity index (χ3n) is 3.31. The Morgan fingerprint density at radius 2 is 2.00 bits per heavy atom. The van der Waals surface area contributed by atoms with Gasteiger partial charge < -0.3 is 20.4 Å². The Kier molecular flexibility index (Phi) is 4.08. The Morgan fingerprint density at radius 3 is 2.62 bits per heavy atom. The van der Waals surface area contributed by atoms with Gasteiger partial charge in [-0.1, -0.05) is 0 Å². The summed E-state index contributed by atoms with van der Waals surface area (Å²) < 4.78 is 27.0. The second kappa shape index (κ2) is 5.65. The van der Waals surface area contributed by atoms with Gasteiger partial charge in [-0.15, -0.1) is 0 Å². The Morgan fingerprint density at radius 1 is 1.33 bits per heavy atom. The highest BCUT2D eigenvalue weighted by Crippen LogP contribution is 2.22. The summed E-state index contributed by atoms with van der Waals surface area (Å²) in [6.07, 6.45) is -1.07. The zero-order chi connectivity index (χ0) is 15.7. The molecular formula is C13H14F2N2O4. The fourth-order valence-electron chi connectivity index (χ4n) is 2.20. The van der Waals surface area contributed by atoms with Crippen LogP contribution >= 0.6 is 0 Å². The lowest BCUT2D eigenvalue weighted by Crippen LogP contribution is -2.43. The summed E-state index contributed by atoms with van der Waals surface area (Å²) in [7, 11) is 0. The average molecular weight is 300 g/mol. The van der Waals surface area contributed by atoms with E-state index >= 15 is 0 Å². The molecular weight excluding hydrogens is 286 g/mol. The molecule has 3 N–H and O–H groups in total. The number of aryl methyl sites for hydroxylation is 1. The molecule has 114 valence electrons. The van der Waals surface area contributed by atoms with E-state index in [9.17, 15) is 23.5 Å². The molecule has 1 aromatic rings. The smallest absolute Gasteiger partial charge is 0.326 e. The van der Waals surface area contributed by atoms with E-state index < -0.39 is 35.8 Å². The summed E-state index contributed by atoms with van der Waals surface area (Å²) >= 11 is 0. The predicted octanol–water partition coefficient (Wildman–Crippen LogP) is 1.32. The van der Waals surface area contributed by atoms with Crippen LogP contribution in [0, 0.1) is 18.6 Å². The lowest BCUT2D eigenvalue weighted by molar-refractivity contribution is -0.141. The number of urea groups is 1. The highest BCUT2D eigenvalue weighted by molar-refractivity contribution is 5.93. The number of hydrogen-bond donors (Lipinski definition) is 3. The van der Waals surface area contributed by atoms with Crippen molar-refractivity contribution in [2.45, 2.75) is 25.5 Å². The van der Waals surface area contributed by atoms with Gasteiger partial charge in [-0.05, 0) is 18.6 Å². The van der Waals surface area contributed by atoms with Crippen LogP contribution < -0.4 is 5.32 Å². The van der Waals surface area contributed by atoms with Crippen molar-refractivity contribution in [3.8, 4) is 0 Å². The van der Waals surface area contributed by atoms with Gasteiger partial charge in [0.2, 0.25) is 0 Å². The molecule has 0 aliphatic carbocycles. The Balaban J connectivity index is 2.18. The van der Waals surface area contributed by atoms with E-state index in [1.165, 1.54) is 6.92 Å². The number of benzene rings is 1. The van der Waals surface area contributed by atoms with Crippen LogP contribution in [0.3, 0.4) is 0 Å². The van der Waals surface area contributed by atoms with Gasteiger partial charge in [0.15, 0.2) is 0 Å². The molecule has 2 unspecified atom stereocenters. The van der Waals surface area contributed by atoms with Gasteiger partial charge in [-0.2, -0.15) is 0 Å². The predicted molar refractivity (Wildman–Crippen MR) is 68.9 cm³/mol. The summed E-state index contributed by atoms with van der Waals surface area (Å²) in [6, 6.07) is -0.344. The molecule has 1 aromatic carbocycles. The second-order valence-corrected chi connectivity index (χ2v) is 4.91. The number of amides is 2. The molecule has 2 atom stereocenters. The van der Waals surface area contributed by atoms with Crippen LogP contribution in [0.4, 0.5) is 19.3 Å². The van der Waals surface area contributed by atoms with Crippen LogP contribution in [0.1, 0.15) is 12.0 Å². The van der Waals surface area contributed by atoms with Crippen LogP contribution in [0.15, 0.2) is 12.1 Å². The molecule has 1 aliphatic rings. The monoisotopic (exact) mass is 300 g/mol. The molecule has 2 amide bonds. The number of carboxylic acids is 1. The first-order valence-electron chi connectivity index (χ1n) is 6.23. The third-order valence-corrected chi connectivity index (χ3v) is 3.31. The zero-order valence-corrected chi connectivity index (χ0v) is 11.1. The van der Waals surface area contributed by atoms with E-state index in [0.717, 1.165) is 17.0 Å². The minimum atomic E-state index is -1.27. The minimum Gasteiger partial charge on any atom is -0.480 e. The summed E-state index contributed by atoms with van der Waals surface area (Å²) in [6.45, 7) is 1.19. The van der Waals surface area contributed by atoms with Crippen molar-refractivity contribution >= 4 is 17.7 Å². The Bertz CT molecular complexity index is 594. The van der Waals surface area contributed by atoms with Gasteiger partial charge in [0, 0.05) is 19.0 Å². The number of aliphatic hydroxyl groups excluding tert-OH is 1. The number of nitrogens with one attached hydrogen (secondary N) is 1. The molecule has 1 heterocycles. The normalized spacial score (nSPS) is 21.4. The molecule has 21 heavy (non-hydrogen) atoms. The fraction of sp³-hybridized carbons (Fsp3) is 0.385. The van der Waals surface area contributed by atoms with Crippen molar-refractivity contribution in [1.82, 2.24) is 4.90 Å². The van der Waals surface area contributed by atoms with Gasteiger partial charge in [0.1, 0.15) is 17.7 Å². The fourth-order valence-corrected chi connectivity index (χ4v) is 2.20. The van der Waals surface area contributed by atoms with Crippen LogP contribution in [0.5, 0.6) is 0 Å². The summed E-state index contributed by atoms with van der Waals surface area (Å²) in [5, 5.41) is 20.6. The molecule has 0 aromatic heterocycles. The lowest BCUT2D eigenvalue weighted by atomic mass is 10.2. The second-order valence-electron chi connectivity index (χ2n) is 4.91. The summed E-state index contributed by atoms with van der Waals surface area (Å²) in [4.78, 5) is 23.9. The van der Waals surface area contributed by atoms with E-state index in [2.05, 4.69) is 5.32 Å². The molecule has 0 radical (unpaired) electrons. The molecule has 0 bridgehead atoms. The minimum absolute atomic E-state index is 0.0884. The number of carbonyl (C=O) groups excluding carboxylic acids is 1. The van der Waals surface area contributed by atoms with E-state index in [1.54, 1.807) is 0 Å². The number of nitrogens with zero attached hydrogens (tertiary/aromatic N) is 1. The van der Waals surface area contributed by atoms with Crippen molar-refractivity contribution in [3.05, 3.63) is 29.3 Å². The summed E-state index contributed by atoms with van der Waals surface area (Å²) in [5.74, 6) is -2.78. The van der Waals surface area contributed by atoms with Crippen LogP contribution in [-0.4, -0.2) is 45.8 Å². The molecule has 1 aliphatic heterocycles. The Labute approximate surface area is 119 Å². The SMILES string of the molecule is Cc1cc(F)c(NC(=O)N2CC(O)CC2C(=O)O)cc1F. The van der Waals surface area contributed by atoms with Gasteiger partial charge in [0.05, 0.1) is 11.8 Å². The van der Waals surface area contributed by atoms with Crippen molar-refractivity contribution in [3.63, 3.8) is 0 Å². The number of anilines is 1. The number of aliphatic hydroxyl groups is 1. The number of β-amino-alcohol motifs (C(OH)–C–C–N with tert-alkyl or cyclic N) is 1.